The highest BCUT2D eigenvalue weighted by atomic mass is 16.5. The summed E-state index contributed by atoms with van der Waals surface area (Å²) in [6.45, 7) is 8.87. The minimum Gasteiger partial charge on any atom is -0.491 e. The van der Waals surface area contributed by atoms with Crippen molar-refractivity contribution in [3.8, 4) is 11.5 Å². The van der Waals surface area contributed by atoms with Gasteiger partial charge in [0.25, 0.3) is 5.91 Å². The summed E-state index contributed by atoms with van der Waals surface area (Å²) < 4.78 is 11.8. The van der Waals surface area contributed by atoms with Crippen LogP contribution in [0.15, 0.2) is 66.7 Å². The van der Waals surface area contributed by atoms with Gasteiger partial charge in [-0.1, -0.05) is 58.0 Å². The van der Waals surface area contributed by atoms with Crippen LogP contribution in [0.3, 0.4) is 0 Å². The van der Waals surface area contributed by atoms with E-state index in [0.29, 0.717) is 48.1 Å². The van der Waals surface area contributed by atoms with Crippen LogP contribution in [0.2, 0.25) is 0 Å². The summed E-state index contributed by atoms with van der Waals surface area (Å²) >= 11 is 0. The quantitative estimate of drug-likeness (QED) is 0.185. The van der Waals surface area contributed by atoms with Crippen molar-refractivity contribution in [2.75, 3.05) is 23.8 Å². The maximum Gasteiger partial charge on any atom is 0.255 e. The van der Waals surface area contributed by atoms with Gasteiger partial charge in [-0.3, -0.25) is 14.4 Å². The molecule has 0 heterocycles. The molecule has 3 amide bonds. The Morgan fingerprint density at radius 3 is 1.88 bits per heavy atom. The summed E-state index contributed by atoms with van der Waals surface area (Å²) in [5, 5.41) is 5.80. The number of hydrogen-bond acceptors (Lipinski definition) is 5. The molecule has 41 heavy (non-hydrogen) atoms. The first-order valence-corrected chi connectivity index (χ1v) is 14.1. The fourth-order valence-corrected chi connectivity index (χ4v) is 3.96. The molecule has 3 aromatic carbocycles. The number of carbonyl (C=O) groups is 3. The van der Waals surface area contributed by atoms with E-state index in [2.05, 4.69) is 22.8 Å². The summed E-state index contributed by atoms with van der Waals surface area (Å²) in [5.74, 6) is 0.185. The van der Waals surface area contributed by atoms with Crippen molar-refractivity contribution in [3.63, 3.8) is 0 Å². The third-order valence-electron chi connectivity index (χ3n) is 6.14. The van der Waals surface area contributed by atoms with Crippen LogP contribution in [0.25, 0.3) is 0 Å². The van der Waals surface area contributed by atoms with Crippen molar-refractivity contribution in [1.82, 2.24) is 0 Å². The highest BCUT2D eigenvalue weighted by Gasteiger charge is 2.17. The second kappa shape index (κ2) is 15.5. The van der Waals surface area contributed by atoms with Gasteiger partial charge in [-0.25, -0.2) is 0 Å². The van der Waals surface area contributed by atoms with E-state index in [9.17, 15) is 14.4 Å². The predicted molar refractivity (Wildman–Crippen MR) is 163 cm³/mol. The third kappa shape index (κ3) is 10.3. The first-order valence-electron chi connectivity index (χ1n) is 14.1. The normalized spacial score (nSPS) is 10.9. The van der Waals surface area contributed by atoms with Gasteiger partial charge in [0, 0.05) is 17.5 Å². The molecular weight excluding hydrogens is 518 g/mol. The number of amides is 3. The topological polar surface area (TPSA) is 120 Å². The summed E-state index contributed by atoms with van der Waals surface area (Å²) in [6.07, 6.45) is 2.99. The van der Waals surface area contributed by atoms with E-state index in [1.807, 2.05) is 45.9 Å². The zero-order valence-corrected chi connectivity index (χ0v) is 24.4. The lowest BCUT2D eigenvalue weighted by atomic mass is 10.1. The second-order valence-electron chi connectivity index (χ2n) is 10.9. The molecule has 0 saturated heterocycles. The van der Waals surface area contributed by atoms with Gasteiger partial charge in [-0.05, 0) is 73.1 Å². The minimum absolute atomic E-state index is 0.105. The van der Waals surface area contributed by atoms with Gasteiger partial charge in [0.2, 0.25) is 11.8 Å². The molecule has 0 aliphatic rings. The number of anilines is 2. The second-order valence-corrected chi connectivity index (χ2v) is 10.9. The summed E-state index contributed by atoms with van der Waals surface area (Å²) in [4.78, 5) is 37.6. The highest BCUT2D eigenvalue weighted by molar-refractivity contribution is 6.06. The zero-order valence-electron chi connectivity index (χ0n) is 24.4. The zero-order chi connectivity index (χ0) is 29.8. The van der Waals surface area contributed by atoms with Gasteiger partial charge >= 0.3 is 0 Å². The highest BCUT2D eigenvalue weighted by Crippen LogP contribution is 2.30. The molecule has 0 aliphatic carbocycles. The number of hydrogen-bond donors (Lipinski definition) is 3. The number of carbonyl (C=O) groups excluding carboxylic acids is 3. The number of benzene rings is 3. The predicted octanol–water partition coefficient (Wildman–Crippen LogP) is 6.46. The van der Waals surface area contributed by atoms with Crippen LogP contribution < -0.4 is 25.8 Å². The minimum atomic E-state index is -0.585. The Kier molecular flexibility index (Phi) is 11.8. The van der Waals surface area contributed by atoms with Crippen molar-refractivity contribution >= 4 is 29.1 Å². The maximum atomic E-state index is 13.2. The number of rotatable bonds is 15. The van der Waals surface area contributed by atoms with Crippen LogP contribution in [-0.2, 0) is 11.2 Å². The SMILES string of the molecule is CC(C)COc1cc(C(=O)Nc2ccc(C(N)=O)cc2OCC(C)C)ccc1NC(=O)CCCCc1ccccc1. The smallest absolute Gasteiger partial charge is 0.255 e. The summed E-state index contributed by atoms with van der Waals surface area (Å²) in [6, 6.07) is 19.8. The maximum absolute atomic E-state index is 13.2. The summed E-state index contributed by atoms with van der Waals surface area (Å²) in [5.41, 5.74) is 8.25. The fourth-order valence-electron chi connectivity index (χ4n) is 3.96. The van der Waals surface area contributed by atoms with E-state index >= 15 is 0 Å². The van der Waals surface area contributed by atoms with Crippen LogP contribution in [0, 0.1) is 11.8 Å². The van der Waals surface area contributed by atoms with Gasteiger partial charge in [-0.2, -0.15) is 0 Å². The Bertz CT molecular complexity index is 1320. The van der Waals surface area contributed by atoms with Gasteiger partial charge < -0.3 is 25.8 Å². The van der Waals surface area contributed by atoms with E-state index in [1.54, 1.807) is 24.3 Å². The molecule has 0 fully saturated rings. The molecule has 0 saturated carbocycles. The third-order valence-corrected chi connectivity index (χ3v) is 6.14. The lowest BCUT2D eigenvalue weighted by molar-refractivity contribution is -0.116. The van der Waals surface area contributed by atoms with Crippen molar-refractivity contribution in [2.24, 2.45) is 17.6 Å². The number of nitrogens with two attached hydrogens (primary N) is 1. The molecule has 0 bridgehead atoms. The molecule has 0 aromatic heterocycles. The largest absolute Gasteiger partial charge is 0.491 e. The Morgan fingerprint density at radius 1 is 0.732 bits per heavy atom. The summed E-state index contributed by atoms with van der Waals surface area (Å²) in [7, 11) is 0. The average Bonchev–Trinajstić information content (AvgIpc) is 2.94. The van der Waals surface area contributed by atoms with Crippen LogP contribution in [-0.4, -0.2) is 30.9 Å². The van der Waals surface area contributed by atoms with Crippen molar-refractivity contribution in [1.29, 1.82) is 0 Å². The number of aryl methyl sites for hydroxylation is 1. The molecule has 8 nitrogen and oxygen atoms in total. The monoisotopic (exact) mass is 559 g/mol. The molecular formula is C33H41N3O5. The molecule has 0 radical (unpaired) electrons. The van der Waals surface area contributed by atoms with Crippen LogP contribution in [0.4, 0.5) is 11.4 Å². The first kappa shape index (κ1) is 31.2. The molecule has 3 rings (SSSR count). The molecule has 0 spiro atoms. The number of nitrogens with one attached hydrogen (secondary N) is 2. The fraction of sp³-hybridized carbons (Fsp3) is 0.364. The van der Waals surface area contributed by atoms with Crippen molar-refractivity contribution in [2.45, 2.75) is 53.4 Å². The molecule has 3 aromatic rings. The molecule has 8 heteroatoms. The standard InChI is InChI=1S/C33H41N3O5/c1-22(2)20-40-29-18-25(32(34)38)14-16-28(29)36-33(39)26-15-17-27(30(19-26)41-21-23(3)4)35-31(37)13-9-8-12-24-10-6-5-7-11-24/h5-7,10-11,14-19,22-23H,8-9,12-13,20-21H2,1-4H3,(H2,34,38)(H,35,37)(H,36,39). The van der Waals surface area contributed by atoms with E-state index in [0.717, 1.165) is 19.3 Å². The van der Waals surface area contributed by atoms with Gasteiger partial charge in [-0.15, -0.1) is 0 Å². The Hall–Kier alpha value is -4.33. The van der Waals surface area contributed by atoms with Gasteiger partial charge in [0.15, 0.2) is 0 Å². The van der Waals surface area contributed by atoms with Gasteiger partial charge in [0.1, 0.15) is 11.5 Å². The molecule has 0 aliphatic heterocycles. The molecule has 0 unspecified atom stereocenters. The molecule has 4 N–H and O–H groups in total. The van der Waals surface area contributed by atoms with E-state index in [-0.39, 0.29) is 29.2 Å². The van der Waals surface area contributed by atoms with Crippen LogP contribution in [0.1, 0.15) is 73.2 Å². The van der Waals surface area contributed by atoms with E-state index in [4.69, 9.17) is 15.2 Å². The lowest BCUT2D eigenvalue weighted by Gasteiger charge is -2.17. The van der Waals surface area contributed by atoms with Crippen molar-refractivity contribution in [3.05, 3.63) is 83.4 Å². The number of unbranched alkanes of at least 4 members (excludes halogenated alkanes) is 1. The molecule has 0 atom stereocenters. The van der Waals surface area contributed by atoms with E-state index < -0.39 is 5.91 Å². The van der Waals surface area contributed by atoms with Gasteiger partial charge in [0.05, 0.1) is 24.6 Å². The van der Waals surface area contributed by atoms with Crippen LogP contribution >= 0.6 is 0 Å². The Labute approximate surface area is 242 Å². The Balaban J connectivity index is 1.70. The van der Waals surface area contributed by atoms with Crippen molar-refractivity contribution < 1.29 is 23.9 Å². The van der Waals surface area contributed by atoms with E-state index in [1.165, 1.54) is 17.7 Å². The molecule has 218 valence electrons. The number of primary amides is 1. The average molecular weight is 560 g/mol. The first-order chi connectivity index (χ1) is 19.6. The van der Waals surface area contributed by atoms with Crippen LogP contribution in [0.5, 0.6) is 11.5 Å². The Morgan fingerprint density at radius 2 is 1.29 bits per heavy atom. The lowest BCUT2D eigenvalue weighted by Crippen LogP contribution is -2.17. The number of ether oxygens (including phenoxy) is 2.